The van der Waals surface area contributed by atoms with Gasteiger partial charge in [0.25, 0.3) is 0 Å². The van der Waals surface area contributed by atoms with Crippen LogP contribution in [0.4, 0.5) is 0 Å². The van der Waals surface area contributed by atoms with Crippen LogP contribution in [0, 0.1) is 5.92 Å². The molecule has 0 spiro atoms. The summed E-state index contributed by atoms with van der Waals surface area (Å²) in [7, 11) is 0. The first-order chi connectivity index (χ1) is 8.92. The maximum atomic E-state index is 5.28. The average Bonchev–Trinajstić information content (AvgIpc) is 3.09. The summed E-state index contributed by atoms with van der Waals surface area (Å²) in [4.78, 5) is 8.39. The van der Waals surface area contributed by atoms with Crippen LogP contribution in [0.3, 0.4) is 0 Å². The maximum absolute atomic E-state index is 5.28. The molecule has 0 aromatic carbocycles. The van der Waals surface area contributed by atoms with Gasteiger partial charge in [-0.25, -0.2) is 0 Å². The molecule has 1 N–H and O–H groups in total. The van der Waals surface area contributed by atoms with Crippen LogP contribution in [0.15, 0.2) is 29.0 Å². The average molecular weight is 244 g/mol. The molecule has 0 aliphatic carbocycles. The summed E-state index contributed by atoms with van der Waals surface area (Å²) in [6.45, 7) is 2.25. The lowest BCUT2D eigenvalue weighted by molar-refractivity contribution is 0.365. The van der Waals surface area contributed by atoms with Gasteiger partial charge in [0.15, 0.2) is 0 Å². The summed E-state index contributed by atoms with van der Waals surface area (Å²) in [5, 5.41) is 7.37. The van der Waals surface area contributed by atoms with Gasteiger partial charge in [-0.15, -0.1) is 0 Å². The van der Waals surface area contributed by atoms with Crippen molar-refractivity contribution < 1.29 is 4.52 Å². The Labute approximate surface area is 106 Å². The lowest BCUT2D eigenvalue weighted by Crippen LogP contribution is -2.09. The highest BCUT2D eigenvalue weighted by molar-refractivity contribution is 5.52. The zero-order valence-corrected chi connectivity index (χ0v) is 10.2. The SMILES string of the molecule is c1cc(-c2noc(CCC3CCNC3)n2)ccn1. The third-order valence-electron chi connectivity index (χ3n) is 3.34. The van der Waals surface area contributed by atoms with Crippen molar-refractivity contribution >= 4 is 0 Å². The molecule has 2 aromatic heterocycles. The minimum atomic E-state index is 0.650. The molecule has 0 bridgehead atoms. The minimum Gasteiger partial charge on any atom is -0.339 e. The Morgan fingerprint density at radius 1 is 1.33 bits per heavy atom. The first-order valence-electron chi connectivity index (χ1n) is 6.35. The smallest absolute Gasteiger partial charge is 0.226 e. The van der Waals surface area contributed by atoms with Crippen molar-refractivity contribution in [3.8, 4) is 11.4 Å². The van der Waals surface area contributed by atoms with Gasteiger partial charge in [0.1, 0.15) is 0 Å². The van der Waals surface area contributed by atoms with E-state index in [4.69, 9.17) is 4.52 Å². The van der Waals surface area contributed by atoms with E-state index in [9.17, 15) is 0 Å². The number of aryl methyl sites for hydroxylation is 1. The summed E-state index contributed by atoms with van der Waals surface area (Å²) < 4.78 is 5.28. The Balaban J connectivity index is 1.63. The van der Waals surface area contributed by atoms with Crippen LogP contribution >= 0.6 is 0 Å². The Morgan fingerprint density at radius 2 is 2.22 bits per heavy atom. The van der Waals surface area contributed by atoms with E-state index >= 15 is 0 Å². The zero-order valence-electron chi connectivity index (χ0n) is 10.2. The first kappa shape index (κ1) is 11.3. The van der Waals surface area contributed by atoms with E-state index in [1.54, 1.807) is 12.4 Å². The number of pyridine rings is 1. The Hall–Kier alpha value is -1.75. The molecule has 2 aromatic rings. The van der Waals surface area contributed by atoms with Crippen molar-refractivity contribution in [2.24, 2.45) is 5.92 Å². The van der Waals surface area contributed by atoms with Gasteiger partial charge in [-0.05, 0) is 44.0 Å². The molecule has 1 saturated heterocycles. The third-order valence-corrected chi connectivity index (χ3v) is 3.34. The fourth-order valence-electron chi connectivity index (χ4n) is 2.26. The van der Waals surface area contributed by atoms with Crippen molar-refractivity contribution in [3.05, 3.63) is 30.4 Å². The Kier molecular flexibility index (Phi) is 3.32. The molecule has 3 heterocycles. The van der Waals surface area contributed by atoms with Gasteiger partial charge in [0, 0.05) is 24.4 Å². The molecule has 3 rings (SSSR count). The molecule has 18 heavy (non-hydrogen) atoms. The van der Waals surface area contributed by atoms with Crippen molar-refractivity contribution in [1.29, 1.82) is 0 Å². The number of nitrogens with zero attached hydrogens (tertiary/aromatic N) is 3. The quantitative estimate of drug-likeness (QED) is 0.886. The molecule has 94 valence electrons. The van der Waals surface area contributed by atoms with Crippen LogP contribution in [0.2, 0.25) is 0 Å². The van der Waals surface area contributed by atoms with Crippen molar-refractivity contribution in [3.63, 3.8) is 0 Å². The number of hydrogen-bond acceptors (Lipinski definition) is 5. The fourth-order valence-corrected chi connectivity index (χ4v) is 2.26. The second-order valence-electron chi connectivity index (χ2n) is 4.65. The highest BCUT2D eigenvalue weighted by Crippen LogP contribution is 2.18. The zero-order chi connectivity index (χ0) is 12.2. The summed E-state index contributed by atoms with van der Waals surface area (Å²) >= 11 is 0. The second kappa shape index (κ2) is 5.27. The van der Waals surface area contributed by atoms with E-state index in [-0.39, 0.29) is 0 Å². The number of aromatic nitrogens is 3. The third kappa shape index (κ3) is 2.56. The molecule has 1 atom stereocenters. The molecule has 0 saturated carbocycles. The van der Waals surface area contributed by atoms with Gasteiger partial charge >= 0.3 is 0 Å². The monoisotopic (exact) mass is 244 g/mol. The van der Waals surface area contributed by atoms with Crippen molar-refractivity contribution in [1.82, 2.24) is 20.4 Å². The molecule has 1 aliphatic heterocycles. The molecule has 1 aliphatic rings. The Morgan fingerprint density at radius 3 is 3.00 bits per heavy atom. The number of nitrogens with one attached hydrogen (secondary N) is 1. The highest BCUT2D eigenvalue weighted by Gasteiger charge is 2.16. The van der Waals surface area contributed by atoms with Crippen LogP contribution in [0.5, 0.6) is 0 Å². The molecule has 1 fully saturated rings. The van der Waals surface area contributed by atoms with Gasteiger partial charge in [-0.2, -0.15) is 4.98 Å². The molecule has 0 amide bonds. The lowest BCUT2D eigenvalue weighted by Gasteiger charge is -2.03. The fraction of sp³-hybridized carbons (Fsp3) is 0.462. The van der Waals surface area contributed by atoms with E-state index in [0.717, 1.165) is 43.3 Å². The van der Waals surface area contributed by atoms with Gasteiger partial charge < -0.3 is 9.84 Å². The normalized spacial score (nSPS) is 19.2. The second-order valence-corrected chi connectivity index (χ2v) is 4.65. The maximum Gasteiger partial charge on any atom is 0.226 e. The highest BCUT2D eigenvalue weighted by atomic mass is 16.5. The predicted molar refractivity (Wildman–Crippen MR) is 66.8 cm³/mol. The van der Waals surface area contributed by atoms with Gasteiger partial charge in [0.2, 0.25) is 11.7 Å². The largest absolute Gasteiger partial charge is 0.339 e. The summed E-state index contributed by atoms with van der Waals surface area (Å²) in [6, 6.07) is 3.77. The topological polar surface area (TPSA) is 63.8 Å². The van der Waals surface area contributed by atoms with Crippen molar-refractivity contribution in [2.45, 2.75) is 19.3 Å². The summed E-state index contributed by atoms with van der Waals surface area (Å²) in [5.41, 5.74) is 0.947. The van der Waals surface area contributed by atoms with Gasteiger partial charge in [-0.1, -0.05) is 5.16 Å². The Bertz CT molecular complexity index is 491. The molecule has 0 radical (unpaired) electrons. The number of hydrogen-bond donors (Lipinski definition) is 1. The van der Waals surface area contributed by atoms with E-state index < -0.39 is 0 Å². The van der Waals surface area contributed by atoms with Crippen molar-refractivity contribution in [2.75, 3.05) is 13.1 Å². The molecule has 5 heteroatoms. The molecule has 5 nitrogen and oxygen atoms in total. The van der Waals surface area contributed by atoms with Gasteiger partial charge in [-0.3, -0.25) is 4.98 Å². The minimum absolute atomic E-state index is 0.650. The van der Waals surface area contributed by atoms with E-state index in [2.05, 4.69) is 20.4 Å². The van der Waals surface area contributed by atoms with Crippen LogP contribution in [-0.4, -0.2) is 28.2 Å². The van der Waals surface area contributed by atoms with Gasteiger partial charge in [0.05, 0.1) is 0 Å². The summed E-state index contributed by atoms with van der Waals surface area (Å²) in [5.74, 6) is 2.13. The molecular formula is C13H16N4O. The van der Waals surface area contributed by atoms with Crippen LogP contribution in [0.1, 0.15) is 18.7 Å². The van der Waals surface area contributed by atoms with Crippen LogP contribution in [0.25, 0.3) is 11.4 Å². The predicted octanol–water partition coefficient (Wildman–Crippen LogP) is 1.67. The van der Waals surface area contributed by atoms with E-state index in [0.29, 0.717) is 5.82 Å². The van der Waals surface area contributed by atoms with E-state index in [1.807, 2.05) is 12.1 Å². The lowest BCUT2D eigenvalue weighted by atomic mass is 10.0. The molecule has 1 unspecified atom stereocenters. The van der Waals surface area contributed by atoms with Crippen LogP contribution < -0.4 is 5.32 Å². The van der Waals surface area contributed by atoms with E-state index in [1.165, 1.54) is 6.42 Å². The molecular weight excluding hydrogens is 228 g/mol. The van der Waals surface area contributed by atoms with Crippen LogP contribution in [-0.2, 0) is 6.42 Å². The number of rotatable bonds is 4. The summed E-state index contributed by atoms with van der Waals surface area (Å²) in [6.07, 6.45) is 6.70. The standard InChI is InChI=1S/C13H16N4O/c1(10-3-6-15-9-10)2-12-16-13(17-18-12)11-4-7-14-8-5-11/h4-5,7-8,10,15H,1-3,6,9H2. The first-order valence-corrected chi connectivity index (χ1v) is 6.35.